The number of ether oxygens (including phenoxy) is 1. The highest BCUT2D eigenvalue weighted by Crippen LogP contribution is 2.40. The maximum Gasteiger partial charge on any atom is 0.339 e. The van der Waals surface area contributed by atoms with Gasteiger partial charge in [-0.1, -0.05) is 17.7 Å². The van der Waals surface area contributed by atoms with Gasteiger partial charge in [-0.2, -0.15) is 22.1 Å². The second-order valence-electron chi connectivity index (χ2n) is 8.27. The molecule has 2 unspecified atom stereocenters. The molecule has 0 radical (unpaired) electrons. The molecular weight excluding hydrogens is 473 g/mol. The average Bonchev–Trinajstić information content (AvgIpc) is 3.03. The number of nitrogens with zero attached hydrogens (tertiary/aromatic N) is 4. The molecule has 2 bridgehead atoms. The van der Waals surface area contributed by atoms with Gasteiger partial charge >= 0.3 is 10.3 Å². The van der Waals surface area contributed by atoms with E-state index in [1.54, 1.807) is 26.0 Å². The molecule has 0 spiro atoms. The fourth-order valence-corrected chi connectivity index (χ4v) is 6.24. The molecule has 1 aromatic heterocycles. The highest BCUT2D eigenvalue weighted by molar-refractivity contribution is 7.84. The molecule has 3 heterocycles. The first-order chi connectivity index (χ1) is 15.7. The highest BCUT2D eigenvalue weighted by Gasteiger charge is 2.48. The largest absolute Gasteiger partial charge is 0.472 e. The molecule has 1 aromatic carbocycles. The van der Waals surface area contributed by atoms with Crippen molar-refractivity contribution in [3.8, 4) is 5.88 Å². The molecule has 2 atom stereocenters. The summed E-state index contributed by atoms with van der Waals surface area (Å²) in [6, 6.07) is 4.05. The zero-order valence-electron chi connectivity index (χ0n) is 18.0. The summed E-state index contributed by atoms with van der Waals surface area (Å²) in [5.41, 5.74) is 0.744. The van der Waals surface area contributed by atoms with Gasteiger partial charge in [0.05, 0.1) is 23.4 Å². The minimum atomic E-state index is -3.84. The van der Waals surface area contributed by atoms with Crippen molar-refractivity contribution in [2.24, 2.45) is 0 Å². The van der Waals surface area contributed by atoms with Crippen molar-refractivity contribution in [3.05, 3.63) is 46.8 Å². The van der Waals surface area contributed by atoms with E-state index in [4.69, 9.17) is 27.1 Å². The number of anilines is 2. The van der Waals surface area contributed by atoms with Gasteiger partial charge in [-0.15, -0.1) is 0 Å². The van der Waals surface area contributed by atoms with Crippen LogP contribution in [0, 0.1) is 12.4 Å². The van der Waals surface area contributed by atoms with Crippen molar-refractivity contribution in [2.75, 3.05) is 5.32 Å². The van der Waals surface area contributed by atoms with Crippen LogP contribution in [0.3, 0.4) is 0 Å². The molecule has 0 amide bonds. The standard InChI is InChI=1S/C21H23ClFN5O4S/c1-12(2)32-33(29,30)28-14-5-6-15(28)10-16(9-14)31-21-19(23)20(25-11-26-21)27-18-7-4-13(24-3)8-17(18)22/h4,7-8,11-12,14-16H,5-6,9-10H2,1-2H3,(H,25,26,27). The quantitative estimate of drug-likeness (QED) is 0.560. The van der Waals surface area contributed by atoms with Gasteiger partial charge in [-0.3, -0.25) is 4.18 Å². The van der Waals surface area contributed by atoms with Crippen molar-refractivity contribution in [1.29, 1.82) is 0 Å². The van der Waals surface area contributed by atoms with Gasteiger partial charge in [-0.25, -0.2) is 9.83 Å². The predicted octanol–water partition coefficient (Wildman–Crippen LogP) is 4.61. The summed E-state index contributed by atoms with van der Waals surface area (Å²) in [6.45, 7) is 10.4. The maximum absolute atomic E-state index is 15.1. The lowest BCUT2D eigenvalue weighted by molar-refractivity contribution is 0.0772. The number of fused-ring (bicyclic) bond motifs is 2. The number of nitrogens with one attached hydrogen (secondary N) is 1. The molecule has 2 aliphatic heterocycles. The highest BCUT2D eigenvalue weighted by atomic mass is 35.5. The van der Waals surface area contributed by atoms with Crippen LogP contribution in [0.15, 0.2) is 24.5 Å². The van der Waals surface area contributed by atoms with Gasteiger partial charge in [-0.05, 0) is 38.8 Å². The Morgan fingerprint density at radius 2 is 1.97 bits per heavy atom. The topological polar surface area (TPSA) is 98.0 Å². The first-order valence-electron chi connectivity index (χ1n) is 10.5. The van der Waals surface area contributed by atoms with E-state index < -0.39 is 28.3 Å². The van der Waals surface area contributed by atoms with Crippen LogP contribution in [0.4, 0.5) is 21.6 Å². The van der Waals surface area contributed by atoms with Gasteiger partial charge in [0.15, 0.2) is 11.5 Å². The summed E-state index contributed by atoms with van der Waals surface area (Å²) < 4.78 is 52.8. The Hall–Kier alpha value is -2.52. The van der Waals surface area contributed by atoms with Gasteiger partial charge in [0.2, 0.25) is 5.82 Å². The molecule has 1 N–H and O–H groups in total. The summed E-state index contributed by atoms with van der Waals surface area (Å²) in [5, 5.41) is 3.05. The minimum absolute atomic E-state index is 0.120. The fraction of sp³-hybridized carbons (Fsp3) is 0.476. The lowest BCUT2D eigenvalue weighted by Crippen LogP contribution is -2.50. The number of aromatic nitrogens is 2. The molecule has 176 valence electrons. The van der Waals surface area contributed by atoms with E-state index in [-0.39, 0.29) is 28.8 Å². The van der Waals surface area contributed by atoms with Crippen molar-refractivity contribution < 1.29 is 21.7 Å². The molecule has 0 saturated carbocycles. The third kappa shape index (κ3) is 5.04. The summed E-state index contributed by atoms with van der Waals surface area (Å²) in [6.07, 6.45) is 2.54. The second kappa shape index (κ2) is 9.38. The normalized spacial score (nSPS) is 22.8. The first kappa shape index (κ1) is 23.6. The second-order valence-corrected chi connectivity index (χ2v) is 10.1. The Morgan fingerprint density at radius 3 is 2.58 bits per heavy atom. The third-order valence-corrected chi connectivity index (χ3v) is 7.62. The van der Waals surface area contributed by atoms with E-state index in [2.05, 4.69) is 20.1 Å². The lowest BCUT2D eigenvalue weighted by Gasteiger charge is -2.37. The Morgan fingerprint density at radius 1 is 1.27 bits per heavy atom. The number of halogens is 2. The molecule has 2 saturated heterocycles. The van der Waals surface area contributed by atoms with Crippen molar-refractivity contribution in [1.82, 2.24) is 14.3 Å². The molecule has 9 nitrogen and oxygen atoms in total. The SMILES string of the molecule is [C-]#[N+]c1ccc(Nc2ncnc(OC3CC4CCC(C3)N4S(=O)(=O)OC(C)C)c2F)c(Cl)c1. The maximum atomic E-state index is 15.1. The molecule has 2 fully saturated rings. The van der Waals surface area contributed by atoms with Crippen molar-refractivity contribution >= 4 is 39.1 Å². The molecule has 2 aromatic rings. The van der Waals surface area contributed by atoms with Crippen LogP contribution in [-0.2, 0) is 14.5 Å². The zero-order valence-corrected chi connectivity index (χ0v) is 19.6. The minimum Gasteiger partial charge on any atom is -0.472 e. The van der Waals surface area contributed by atoms with Crippen LogP contribution in [0.25, 0.3) is 4.85 Å². The summed E-state index contributed by atoms with van der Waals surface area (Å²) >= 11 is 6.16. The number of rotatable bonds is 7. The van der Waals surface area contributed by atoms with Crippen LogP contribution in [0.5, 0.6) is 5.88 Å². The number of piperidine rings is 1. The molecule has 12 heteroatoms. The fourth-order valence-electron chi connectivity index (χ4n) is 4.32. The third-order valence-electron chi connectivity index (χ3n) is 5.57. The van der Waals surface area contributed by atoms with E-state index >= 15 is 4.39 Å². The van der Waals surface area contributed by atoms with Crippen LogP contribution in [0.1, 0.15) is 39.5 Å². The first-order valence-corrected chi connectivity index (χ1v) is 12.2. The van der Waals surface area contributed by atoms with Gasteiger partial charge in [0, 0.05) is 24.9 Å². The average molecular weight is 496 g/mol. The van der Waals surface area contributed by atoms with E-state index in [1.165, 1.54) is 16.7 Å². The van der Waals surface area contributed by atoms with Gasteiger partial charge < -0.3 is 10.1 Å². The molecule has 0 aliphatic carbocycles. The van der Waals surface area contributed by atoms with Crippen molar-refractivity contribution in [3.63, 3.8) is 0 Å². The van der Waals surface area contributed by atoms with E-state index in [0.717, 1.165) is 0 Å². The summed E-state index contributed by atoms with van der Waals surface area (Å²) in [7, 11) is -3.84. The van der Waals surface area contributed by atoms with Crippen LogP contribution in [0.2, 0.25) is 5.02 Å². The number of hydrogen-bond donors (Lipinski definition) is 1. The smallest absolute Gasteiger partial charge is 0.339 e. The monoisotopic (exact) mass is 495 g/mol. The van der Waals surface area contributed by atoms with Gasteiger partial charge in [0.1, 0.15) is 12.4 Å². The van der Waals surface area contributed by atoms with Crippen molar-refractivity contribution in [2.45, 2.75) is 63.8 Å². The molecule has 2 aliphatic rings. The van der Waals surface area contributed by atoms with E-state index in [0.29, 0.717) is 37.1 Å². The van der Waals surface area contributed by atoms with Crippen LogP contribution in [-0.4, -0.2) is 47.0 Å². The Balaban J connectivity index is 1.47. The number of hydrogen-bond acceptors (Lipinski definition) is 7. The number of benzene rings is 1. The lowest BCUT2D eigenvalue weighted by atomic mass is 10.0. The van der Waals surface area contributed by atoms with E-state index in [9.17, 15) is 8.42 Å². The van der Waals surface area contributed by atoms with Crippen LogP contribution >= 0.6 is 11.6 Å². The zero-order chi connectivity index (χ0) is 23.8. The van der Waals surface area contributed by atoms with Crippen LogP contribution < -0.4 is 10.1 Å². The molecule has 33 heavy (non-hydrogen) atoms. The summed E-state index contributed by atoms with van der Waals surface area (Å²) in [5.74, 6) is -1.13. The molecule has 4 rings (SSSR count). The Bertz CT molecular complexity index is 1180. The van der Waals surface area contributed by atoms with E-state index in [1.807, 2.05) is 0 Å². The predicted molar refractivity (Wildman–Crippen MR) is 120 cm³/mol. The summed E-state index contributed by atoms with van der Waals surface area (Å²) in [4.78, 5) is 11.1. The molecular formula is C21H23ClFN5O4S. The van der Waals surface area contributed by atoms with Gasteiger partial charge in [0.25, 0.3) is 5.88 Å². The Labute approximate surface area is 197 Å². The Kier molecular flexibility index (Phi) is 6.72.